The third-order valence-corrected chi connectivity index (χ3v) is 3.73. The molecule has 0 unspecified atom stereocenters. The van der Waals surface area contributed by atoms with Crippen LogP contribution in [0.3, 0.4) is 0 Å². The predicted octanol–water partition coefficient (Wildman–Crippen LogP) is 2.29. The fourth-order valence-electron chi connectivity index (χ4n) is 2.27. The van der Waals surface area contributed by atoms with E-state index >= 15 is 0 Å². The van der Waals surface area contributed by atoms with E-state index in [0.717, 1.165) is 5.69 Å². The Morgan fingerprint density at radius 3 is 2.58 bits per heavy atom. The van der Waals surface area contributed by atoms with Crippen LogP contribution in [0.15, 0.2) is 24.3 Å². The van der Waals surface area contributed by atoms with Crippen LogP contribution in [0.2, 0.25) is 0 Å². The number of nitrogens with one attached hydrogen (secondary N) is 1. The van der Waals surface area contributed by atoms with Gasteiger partial charge in [-0.05, 0) is 32.4 Å². The molecule has 0 saturated heterocycles. The van der Waals surface area contributed by atoms with E-state index in [1.165, 1.54) is 19.1 Å². The zero-order valence-corrected chi connectivity index (χ0v) is 14.1. The van der Waals surface area contributed by atoms with Crippen LogP contribution >= 0.6 is 0 Å². The van der Waals surface area contributed by atoms with Crippen molar-refractivity contribution in [3.8, 4) is 0 Å². The quantitative estimate of drug-likeness (QED) is 0.852. The maximum Gasteiger partial charge on any atom is 0.311 e. The van der Waals surface area contributed by atoms with Crippen LogP contribution < -0.4 is 5.32 Å². The summed E-state index contributed by atoms with van der Waals surface area (Å²) in [6.45, 7) is 5.07. The molecule has 1 atom stereocenters. The molecule has 6 nitrogen and oxygen atoms in total. The van der Waals surface area contributed by atoms with E-state index in [2.05, 4.69) is 10.4 Å². The first kappa shape index (κ1) is 17.7. The third kappa shape index (κ3) is 3.98. The van der Waals surface area contributed by atoms with Gasteiger partial charge < -0.3 is 10.1 Å². The summed E-state index contributed by atoms with van der Waals surface area (Å²) in [5.74, 6) is -1.60. The maximum atomic E-state index is 13.5. The highest BCUT2D eigenvalue weighted by molar-refractivity contribution is 5.96. The molecule has 1 amide bonds. The summed E-state index contributed by atoms with van der Waals surface area (Å²) < 4.78 is 20.3. The average molecular weight is 333 g/mol. The number of esters is 1. The molecule has 1 N–H and O–H groups in total. The molecule has 0 aliphatic heterocycles. The van der Waals surface area contributed by atoms with Crippen LogP contribution in [0, 0.1) is 19.7 Å². The summed E-state index contributed by atoms with van der Waals surface area (Å²) in [5.41, 5.74) is 2.30. The van der Waals surface area contributed by atoms with Gasteiger partial charge >= 0.3 is 5.97 Å². The Balaban J connectivity index is 1.96. The number of hydrogen-bond donors (Lipinski definition) is 1. The second kappa shape index (κ2) is 7.25. The molecular weight excluding hydrogens is 313 g/mol. The van der Waals surface area contributed by atoms with Gasteiger partial charge in [0.05, 0.1) is 23.5 Å². The molecule has 24 heavy (non-hydrogen) atoms. The number of halogens is 1. The van der Waals surface area contributed by atoms with Crippen LogP contribution in [0.4, 0.5) is 10.1 Å². The smallest absolute Gasteiger partial charge is 0.311 e. The molecule has 0 saturated carbocycles. The van der Waals surface area contributed by atoms with E-state index in [0.29, 0.717) is 11.4 Å². The van der Waals surface area contributed by atoms with E-state index < -0.39 is 23.8 Å². The number of amides is 1. The highest BCUT2D eigenvalue weighted by atomic mass is 19.1. The van der Waals surface area contributed by atoms with E-state index in [4.69, 9.17) is 4.74 Å². The van der Waals surface area contributed by atoms with Crippen molar-refractivity contribution in [1.82, 2.24) is 9.78 Å². The minimum Gasteiger partial charge on any atom is -0.452 e. The normalized spacial score (nSPS) is 11.9. The topological polar surface area (TPSA) is 73.2 Å². The highest BCUT2D eigenvalue weighted by Gasteiger charge is 2.21. The largest absolute Gasteiger partial charge is 0.452 e. The standard InChI is InChI=1S/C17H20FN3O3/c1-10-16(11(2)21(4)20-10)19-17(23)12(3)24-15(22)9-13-7-5-6-8-14(13)18/h5-8,12H,9H2,1-4H3,(H,19,23)/t12-/m0/s1. The molecule has 0 fully saturated rings. The summed E-state index contributed by atoms with van der Waals surface area (Å²) in [6.07, 6.45) is -1.22. The first-order valence-electron chi connectivity index (χ1n) is 7.53. The summed E-state index contributed by atoms with van der Waals surface area (Å²) in [4.78, 5) is 24.1. The number of benzene rings is 1. The lowest BCUT2D eigenvalue weighted by atomic mass is 10.1. The molecule has 1 aromatic heterocycles. The zero-order chi connectivity index (χ0) is 17.9. The Kier molecular flexibility index (Phi) is 5.33. The Hall–Kier alpha value is -2.70. The number of carbonyl (C=O) groups is 2. The van der Waals surface area contributed by atoms with E-state index in [1.807, 2.05) is 6.92 Å². The zero-order valence-electron chi connectivity index (χ0n) is 14.1. The van der Waals surface area contributed by atoms with Gasteiger partial charge in [-0.2, -0.15) is 5.10 Å². The van der Waals surface area contributed by atoms with Gasteiger partial charge in [0.15, 0.2) is 6.10 Å². The number of ether oxygens (including phenoxy) is 1. The fourth-order valence-corrected chi connectivity index (χ4v) is 2.27. The van der Waals surface area contributed by atoms with Gasteiger partial charge in [0, 0.05) is 7.05 Å². The Bertz CT molecular complexity index is 770. The Morgan fingerprint density at radius 2 is 2.00 bits per heavy atom. The molecule has 1 heterocycles. The Labute approximate surface area is 139 Å². The van der Waals surface area contributed by atoms with Crippen molar-refractivity contribution in [3.63, 3.8) is 0 Å². The van der Waals surface area contributed by atoms with Gasteiger partial charge in [0.2, 0.25) is 0 Å². The minimum atomic E-state index is -0.997. The molecule has 0 radical (unpaired) electrons. The summed E-state index contributed by atoms with van der Waals surface area (Å²) in [5, 5.41) is 6.91. The fraction of sp³-hybridized carbons (Fsp3) is 0.353. The molecular formula is C17H20FN3O3. The molecule has 0 aliphatic carbocycles. The van der Waals surface area contributed by atoms with E-state index in [1.54, 1.807) is 30.8 Å². The van der Waals surface area contributed by atoms with Gasteiger partial charge in [0.25, 0.3) is 5.91 Å². The SMILES string of the molecule is Cc1nn(C)c(C)c1NC(=O)[C@H](C)OC(=O)Cc1ccccc1F. The van der Waals surface area contributed by atoms with Gasteiger partial charge in [0.1, 0.15) is 5.82 Å². The summed E-state index contributed by atoms with van der Waals surface area (Å²) in [6, 6.07) is 5.95. The number of nitrogens with zero attached hydrogens (tertiary/aromatic N) is 2. The van der Waals surface area contributed by atoms with Crippen LogP contribution in [-0.2, 0) is 27.8 Å². The van der Waals surface area contributed by atoms with E-state index in [-0.39, 0.29) is 12.0 Å². The number of aromatic nitrogens is 2. The lowest BCUT2D eigenvalue weighted by Gasteiger charge is -2.14. The first-order chi connectivity index (χ1) is 11.3. The van der Waals surface area contributed by atoms with Crippen LogP contribution in [-0.4, -0.2) is 27.8 Å². The lowest BCUT2D eigenvalue weighted by molar-refractivity contribution is -0.152. The predicted molar refractivity (Wildman–Crippen MR) is 87.0 cm³/mol. The monoisotopic (exact) mass is 333 g/mol. The maximum absolute atomic E-state index is 13.5. The number of aryl methyl sites for hydroxylation is 2. The number of rotatable bonds is 5. The molecule has 2 aromatic rings. The van der Waals surface area contributed by atoms with Gasteiger partial charge in [-0.1, -0.05) is 18.2 Å². The van der Waals surface area contributed by atoms with Crippen molar-refractivity contribution in [1.29, 1.82) is 0 Å². The third-order valence-electron chi connectivity index (χ3n) is 3.73. The minimum absolute atomic E-state index is 0.227. The van der Waals surface area contributed by atoms with Crippen molar-refractivity contribution < 1.29 is 18.7 Å². The van der Waals surface area contributed by atoms with E-state index in [9.17, 15) is 14.0 Å². The number of anilines is 1. The van der Waals surface area contributed by atoms with Crippen LogP contribution in [0.1, 0.15) is 23.9 Å². The molecule has 1 aromatic carbocycles. The summed E-state index contributed by atoms with van der Waals surface area (Å²) >= 11 is 0. The second-order valence-corrected chi connectivity index (χ2v) is 5.56. The van der Waals surface area contributed by atoms with Crippen molar-refractivity contribution in [2.45, 2.75) is 33.3 Å². The van der Waals surface area contributed by atoms with Crippen LogP contribution in [0.5, 0.6) is 0 Å². The van der Waals surface area contributed by atoms with Gasteiger partial charge in [-0.25, -0.2) is 4.39 Å². The van der Waals surface area contributed by atoms with Crippen molar-refractivity contribution >= 4 is 17.6 Å². The van der Waals surface area contributed by atoms with Crippen LogP contribution in [0.25, 0.3) is 0 Å². The van der Waals surface area contributed by atoms with Crippen molar-refractivity contribution in [3.05, 3.63) is 47.0 Å². The molecule has 7 heteroatoms. The average Bonchev–Trinajstić information content (AvgIpc) is 2.75. The van der Waals surface area contributed by atoms with Gasteiger partial charge in [-0.15, -0.1) is 0 Å². The number of carbonyl (C=O) groups excluding carboxylic acids is 2. The molecule has 2 rings (SSSR count). The molecule has 0 bridgehead atoms. The van der Waals surface area contributed by atoms with Crippen molar-refractivity contribution in [2.24, 2.45) is 7.05 Å². The highest BCUT2D eigenvalue weighted by Crippen LogP contribution is 2.18. The second-order valence-electron chi connectivity index (χ2n) is 5.56. The molecule has 0 aliphatic rings. The number of hydrogen-bond acceptors (Lipinski definition) is 4. The Morgan fingerprint density at radius 1 is 1.33 bits per heavy atom. The lowest BCUT2D eigenvalue weighted by Crippen LogP contribution is -2.31. The van der Waals surface area contributed by atoms with Crippen molar-refractivity contribution in [2.75, 3.05) is 5.32 Å². The first-order valence-corrected chi connectivity index (χ1v) is 7.53. The molecule has 128 valence electrons. The van der Waals surface area contributed by atoms with Gasteiger partial charge in [-0.3, -0.25) is 14.3 Å². The summed E-state index contributed by atoms with van der Waals surface area (Å²) in [7, 11) is 1.77. The molecule has 0 spiro atoms.